The molecule has 1 saturated heterocycles. The average molecular weight is 306 g/mol. The molecule has 1 aromatic rings. The van der Waals surface area contributed by atoms with E-state index in [9.17, 15) is 14.9 Å². The van der Waals surface area contributed by atoms with E-state index in [1.807, 2.05) is 32.6 Å². The van der Waals surface area contributed by atoms with Crippen LogP contribution in [-0.2, 0) is 4.79 Å². The van der Waals surface area contributed by atoms with Crippen LogP contribution in [0.4, 0.5) is 11.5 Å². The number of amides is 1. The van der Waals surface area contributed by atoms with E-state index < -0.39 is 4.92 Å². The largest absolute Gasteiger partial charge is 0.350 e. The van der Waals surface area contributed by atoms with Crippen LogP contribution in [-0.4, -0.2) is 46.4 Å². The van der Waals surface area contributed by atoms with Gasteiger partial charge < -0.3 is 9.80 Å². The molecule has 0 N–H and O–H groups in total. The van der Waals surface area contributed by atoms with E-state index in [-0.39, 0.29) is 23.1 Å². The summed E-state index contributed by atoms with van der Waals surface area (Å²) in [4.78, 5) is 30.7. The minimum absolute atomic E-state index is 0.0158. The topological polar surface area (TPSA) is 79.6 Å². The van der Waals surface area contributed by atoms with Crippen molar-refractivity contribution in [1.82, 2.24) is 9.88 Å². The lowest BCUT2D eigenvalue weighted by Gasteiger charge is -2.42. The number of pyridine rings is 1. The number of hydrogen-bond acceptors (Lipinski definition) is 5. The van der Waals surface area contributed by atoms with Crippen LogP contribution in [0.25, 0.3) is 0 Å². The number of aromatic nitrogens is 1. The van der Waals surface area contributed by atoms with Gasteiger partial charge in [0.2, 0.25) is 5.91 Å². The summed E-state index contributed by atoms with van der Waals surface area (Å²) >= 11 is 0. The van der Waals surface area contributed by atoms with Gasteiger partial charge in [-0.05, 0) is 13.0 Å². The molecule has 0 aromatic carbocycles. The Morgan fingerprint density at radius 1 is 1.36 bits per heavy atom. The Morgan fingerprint density at radius 2 is 2.05 bits per heavy atom. The molecule has 1 aliphatic rings. The summed E-state index contributed by atoms with van der Waals surface area (Å²) in [5.41, 5.74) is -0.397. The third-order valence-electron chi connectivity index (χ3n) is 3.79. The molecule has 0 spiro atoms. The summed E-state index contributed by atoms with van der Waals surface area (Å²) in [5, 5.41) is 10.7. The molecule has 7 nitrogen and oxygen atoms in total. The van der Waals surface area contributed by atoms with Crippen LogP contribution in [0.15, 0.2) is 18.3 Å². The maximum absolute atomic E-state index is 12.3. The summed E-state index contributed by atoms with van der Waals surface area (Å²) in [7, 11) is 0. The molecule has 0 unspecified atom stereocenters. The standard InChI is InChI=1S/C15H22N4O3/c1-11-10-17(14(20)15(2,3)4)7-8-18(11)13-6-5-12(9-16-13)19(21)22/h5-6,9,11H,7-8,10H2,1-4H3/t11-/m1/s1. The van der Waals surface area contributed by atoms with Crippen LogP contribution in [0.5, 0.6) is 0 Å². The van der Waals surface area contributed by atoms with E-state index in [2.05, 4.69) is 9.88 Å². The van der Waals surface area contributed by atoms with Crippen molar-refractivity contribution in [3.05, 3.63) is 28.4 Å². The van der Waals surface area contributed by atoms with Crippen molar-refractivity contribution >= 4 is 17.4 Å². The fourth-order valence-electron chi connectivity index (χ4n) is 2.61. The first kappa shape index (κ1) is 16.2. The van der Waals surface area contributed by atoms with Crippen molar-refractivity contribution in [3.8, 4) is 0 Å². The number of carbonyl (C=O) groups is 1. The zero-order valence-electron chi connectivity index (χ0n) is 13.4. The Balaban J connectivity index is 2.07. The third-order valence-corrected chi connectivity index (χ3v) is 3.79. The zero-order valence-corrected chi connectivity index (χ0v) is 13.4. The molecule has 2 heterocycles. The average Bonchev–Trinajstić information content (AvgIpc) is 2.45. The first-order valence-corrected chi connectivity index (χ1v) is 7.36. The van der Waals surface area contributed by atoms with Crippen LogP contribution in [0.3, 0.4) is 0 Å². The summed E-state index contributed by atoms with van der Waals surface area (Å²) < 4.78 is 0. The van der Waals surface area contributed by atoms with Gasteiger partial charge >= 0.3 is 0 Å². The Kier molecular flexibility index (Phi) is 4.35. The molecular weight excluding hydrogens is 284 g/mol. The molecule has 1 aromatic heterocycles. The van der Waals surface area contributed by atoms with Crippen molar-refractivity contribution in [2.24, 2.45) is 5.41 Å². The van der Waals surface area contributed by atoms with Gasteiger partial charge in [-0.3, -0.25) is 14.9 Å². The van der Waals surface area contributed by atoms with Crippen LogP contribution in [0, 0.1) is 15.5 Å². The van der Waals surface area contributed by atoms with Gasteiger partial charge in [0, 0.05) is 37.2 Å². The molecule has 2 rings (SSSR count). The second-order valence-electron chi connectivity index (χ2n) is 6.68. The maximum atomic E-state index is 12.3. The van der Waals surface area contributed by atoms with Crippen LogP contribution in [0.1, 0.15) is 27.7 Å². The van der Waals surface area contributed by atoms with Gasteiger partial charge in [-0.1, -0.05) is 20.8 Å². The molecular formula is C15H22N4O3. The van der Waals surface area contributed by atoms with Gasteiger partial charge in [0.05, 0.1) is 4.92 Å². The Hall–Kier alpha value is -2.18. The van der Waals surface area contributed by atoms with Crippen molar-refractivity contribution in [3.63, 3.8) is 0 Å². The molecule has 0 bridgehead atoms. The van der Waals surface area contributed by atoms with Crippen LogP contribution >= 0.6 is 0 Å². The molecule has 1 atom stereocenters. The van der Waals surface area contributed by atoms with E-state index in [0.717, 1.165) is 0 Å². The van der Waals surface area contributed by atoms with E-state index in [1.165, 1.54) is 12.3 Å². The van der Waals surface area contributed by atoms with Gasteiger partial charge in [0.25, 0.3) is 5.69 Å². The number of rotatable bonds is 2. The van der Waals surface area contributed by atoms with E-state index >= 15 is 0 Å². The highest BCUT2D eigenvalue weighted by Crippen LogP contribution is 2.24. The molecule has 7 heteroatoms. The molecule has 1 amide bonds. The predicted molar refractivity (Wildman–Crippen MR) is 83.7 cm³/mol. The van der Waals surface area contributed by atoms with Gasteiger partial charge in [-0.25, -0.2) is 4.98 Å². The van der Waals surface area contributed by atoms with Crippen molar-refractivity contribution < 1.29 is 9.72 Å². The van der Waals surface area contributed by atoms with Crippen molar-refractivity contribution in [2.45, 2.75) is 33.7 Å². The fourth-order valence-corrected chi connectivity index (χ4v) is 2.61. The molecule has 1 aliphatic heterocycles. The first-order valence-electron chi connectivity index (χ1n) is 7.36. The third kappa shape index (κ3) is 3.35. The van der Waals surface area contributed by atoms with E-state index in [4.69, 9.17) is 0 Å². The normalized spacial score (nSPS) is 19.2. The SMILES string of the molecule is C[C@@H]1CN(C(=O)C(C)(C)C)CCN1c1ccc([N+](=O)[O-])cn1. The van der Waals surface area contributed by atoms with Gasteiger partial charge in [-0.2, -0.15) is 0 Å². The lowest BCUT2D eigenvalue weighted by atomic mass is 9.94. The fraction of sp³-hybridized carbons (Fsp3) is 0.600. The molecule has 22 heavy (non-hydrogen) atoms. The van der Waals surface area contributed by atoms with E-state index in [1.54, 1.807) is 6.07 Å². The Bertz CT molecular complexity index is 565. The smallest absolute Gasteiger partial charge is 0.287 e. The first-order chi connectivity index (χ1) is 10.2. The maximum Gasteiger partial charge on any atom is 0.287 e. The van der Waals surface area contributed by atoms with Crippen molar-refractivity contribution in [1.29, 1.82) is 0 Å². The predicted octanol–water partition coefficient (Wildman–Crippen LogP) is 2.07. The van der Waals surface area contributed by atoms with Crippen LogP contribution in [0.2, 0.25) is 0 Å². The molecule has 0 aliphatic carbocycles. The number of nitrogens with zero attached hydrogens (tertiary/aromatic N) is 4. The summed E-state index contributed by atoms with van der Waals surface area (Å²) in [6.07, 6.45) is 1.27. The number of piperazine rings is 1. The lowest BCUT2D eigenvalue weighted by Crippen LogP contribution is -2.56. The highest BCUT2D eigenvalue weighted by atomic mass is 16.6. The molecule has 120 valence electrons. The van der Waals surface area contributed by atoms with Crippen LogP contribution < -0.4 is 4.90 Å². The quantitative estimate of drug-likeness (QED) is 0.617. The highest BCUT2D eigenvalue weighted by Gasteiger charge is 2.33. The number of anilines is 1. The second-order valence-corrected chi connectivity index (χ2v) is 6.68. The highest BCUT2D eigenvalue weighted by molar-refractivity contribution is 5.81. The summed E-state index contributed by atoms with van der Waals surface area (Å²) in [6.45, 7) is 9.74. The zero-order chi connectivity index (χ0) is 16.5. The van der Waals surface area contributed by atoms with Gasteiger partial charge in [0.15, 0.2) is 0 Å². The number of nitro groups is 1. The Labute approximate surface area is 130 Å². The number of carbonyl (C=O) groups excluding carboxylic acids is 1. The number of hydrogen-bond donors (Lipinski definition) is 0. The monoisotopic (exact) mass is 306 g/mol. The second kappa shape index (κ2) is 5.90. The van der Waals surface area contributed by atoms with Gasteiger partial charge in [0.1, 0.15) is 12.0 Å². The van der Waals surface area contributed by atoms with Gasteiger partial charge in [-0.15, -0.1) is 0 Å². The molecule has 1 fully saturated rings. The minimum Gasteiger partial charge on any atom is -0.350 e. The van der Waals surface area contributed by atoms with Crippen molar-refractivity contribution in [2.75, 3.05) is 24.5 Å². The molecule has 0 radical (unpaired) electrons. The minimum atomic E-state index is -0.458. The van der Waals surface area contributed by atoms with E-state index in [0.29, 0.717) is 25.5 Å². The molecule has 0 saturated carbocycles. The lowest BCUT2D eigenvalue weighted by molar-refractivity contribution is -0.385. The summed E-state index contributed by atoms with van der Waals surface area (Å²) in [5.74, 6) is 0.858. The summed E-state index contributed by atoms with van der Waals surface area (Å²) in [6, 6.07) is 3.24. The Morgan fingerprint density at radius 3 is 2.50 bits per heavy atom.